The Morgan fingerprint density at radius 2 is 2.12 bits per heavy atom. The second-order valence-electron chi connectivity index (χ2n) is 4.23. The van der Waals surface area contributed by atoms with Crippen LogP contribution >= 0.6 is 11.8 Å². The highest BCUT2D eigenvalue weighted by atomic mass is 32.2. The number of rotatable bonds is 2. The summed E-state index contributed by atoms with van der Waals surface area (Å²) in [6, 6.07) is 13.1. The number of benzene rings is 1. The number of aromatic nitrogens is 1. The summed E-state index contributed by atoms with van der Waals surface area (Å²) in [5.74, 6) is 1.09. The molecule has 0 amide bonds. The van der Waals surface area contributed by atoms with Gasteiger partial charge in [0.05, 0.1) is 17.9 Å². The molecule has 0 spiro atoms. The zero-order valence-corrected chi connectivity index (χ0v) is 10.5. The van der Waals surface area contributed by atoms with Crippen LogP contribution in [-0.2, 0) is 0 Å². The Bertz CT molecular complexity index is 522. The molecule has 3 heteroatoms. The van der Waals surface area contributed by atoms with Gasteiger partial charge in [-0.05, 0) is 30.7 Å². The Morgan fingerprint density at radius 1 is 1.24 bits per heavy atom. The number of anilines is 1. The summed E-state index contributed by atoms with van der Waals surface area (Å²) in [6.07, 6.45) is 1.90. The van der Waals surface area contributed by atoms with Crippen LogP contribution in [-0.4, -0.2) is 10.7 Å². The summed E-state index contributed by atoms with van der Waals surface area (Å²) in [7, 11) is 0. The van der Waals surface area contributed by atoms with Crippen LogP contribution in [0.1, 0.15) is 17.3 Å². The fourth-order valence-electron chi connectivity index (χ4n) is 2.04. The molecule has 1 aliphatic rings. The van der Waals surface area contributed by atoms with Crippen molar-refractivity contribution < 1.29 is 0 Å². The van der Waals surface area contributed by atoms with Gasteiger partial charge in [0.1, 0.15) is 0 Å². The lowest BCUT2D eigenvalue weighted by molar-refractivity contribution is 0.897. The number of fused-ring (bicyclic) bond motifs is 1. The highest BCUT2D eigenvalue weighted by Crippen LogP contribution is 2.39. The predicted octanol–water partition coefficient (Wildman–Crippen LogP) is 3.65. The Hall–Kier alpha value is -1.48. The molecule has 3 rings (SSSR count). The molecule has 1 aliphatic heterocycles. The van der Waals surface area contributed by atoms with Crippen LogP contribution in [0.5, 0.6) is 0 Å². The van der Waals surface area contributed by atoms with Gasteiger partial charge in [-0.2, -0.15) is 0 Å². The van der Waals surface area contributed by atoms with E-state index in [0.717, 1.165) is 17.1 Å². The normalized spacial score (nSPS) is 17.8. The van der Waals surface area contributed by atoms with Crippen molar-refractivity contribution >= 4 is 17.4 Å². The van der Waals surface area contributed by atoms with Crippen LogP contribution in [0.25, 0.3) is 0 Å². The van der Waals surface area contributed by atoms with Crippen molar-refractivity contribution in [2.75, 3.05) is 11.1 Å². The zero-order chi connectivity index (χ0) is 11.7. The molecule has 2 aromatic rings. The van der Waals surface area contributed by atoms with Crippen molar-refractivity contribution in [1.29, 1.82) is 0 Å². The maximum atomic E-state index is 4.31. The van der Waals surface area contributed by atoms with Crippen LogP contribution in [0.2, 0.25) is 0 Å². The molecule has 0 saturated heterocycles. The van der Waals surface area contributed by atoms with Crippen molar-refractivity contribution in [2.24, 2.45) is 0 Å². The maximum absolute atomic E-state index is 4.31. The van der Waals surface area contributed by atoms with E-state index in [1.165, 1.54) is 10.5 Å². The first-order chi connectivity index (χ1) is 8.33. The summed E-state index contributed by atoms with van der Waals surface area (Å²) in [5, 5.41) is 3.54. The van der Waals surface area contributed by atoms with Gasteiger partial charge < -0.3 is 5.32 Å². The lowest BCUT2D eigenvalue weighted by Gasteiger charge is -2.14. The first kappa shape index (κ1) is 10.7. The molecule has 1 aromatic carbocycles. The molecule has 1 atom stereocenters. The van der Waals surface area contributed by atoms with E-state index in [-0.39, 0.29) is 0 Å². The summed E-state index contributed by atoms with van der Waals surface area (Å²) >= 11 is 1.92. The van der Waals surface area contributed by atoms with Gasteiger partial charge in [-0.1, -0.05) is 18.2 Å². The van der Waals surface area contributed by atoms with E-state index in [9.17, 15) is 0 Å². The quantitative estimate of drug-likeness (QED) is 0.870. The Labute approximate surface area is 105 Å². The standard InChI is InChI=1S/C14H14N2S/c1-10-6-7-11(8-15-10)16-13-9-17-14-5-3-2-4-12(13)14/h2-8,13,16H,9H2,1H3. The second kappa shape index (κ2) is 4.41. The summed E-state index contributed by atoms with van der Waals surface area (Å²) in [6.45, 7) is 2.00. The van der Waals surface area contributed by atoms with Gasteiger partial charge in [0.25, 0.3) is 0 Å². The molecule has 0 saturated carbocycles. The number of nitrogens with one attached hydrogen (secondary N) is 1. The predicted molar refractivity (Wildman–Crippen MR) is 72.5 cm³/mol. The van der Waals surface area contributed by atoms with Crippen LogP contribution in [0, 0.1) is 6.92 Å². The number of aryl methyl sites for hydroxylation is 1. The molecule has 1 N–H and O–H groups in total. The highest BCUT2D eigenvalue weighted by molar-refractivity contribution is 7.99. The van der Waals surface area contributed by atoms with E-state index in [2.05, 4.69) is 40.6 Å². The molecular weight excluding hydrogens is 228 g/mol. The fraction of sp³-hybridized carbons (Fsp3) is 0.214. The third-order valence-corrected chi connectivity index (χ3v) is 4.13. The van der Waals surface area contributed by atoms with Gasteiger partial charge in [0.2, 0.25) is 0 Å². The van der Waals surface area contributed by atoms with Crippen molar-refractivity contribution in [2.45, 2.75) is 17.9 Å². The molecule has 1 unspecified atom stereocenters. The van der Waals surface area contributed by atoms with Gasteiger partial charge in [-0.25, -0.2) is 0 Å². The molecule has 0 fully saturated rings. The number of thioether (sulfide) groups is 1. The Balaban J connectivity index is 1.81. The summed E-state index contributed by atoms with van der Waals surface area (Å²) in [4.78, 5) is 5.70. The molecule has 2 heterocycles. The van der Waals surface area contributed by atoms with Gasteiger partial charge in [-0.3, -0.25) is 4.98 Å². The minimum Gasteiger partial charge on any atom is -0.376 e. The van der Waals surface area contributed by atoms with Crippen LogP contribution in [0.3, 0.4) is 0 Å². The fourth-order valence-corrected chi connectivity index (χ4v) is 3.20. The van der Waals surface area contributed by atoms with Gasteiger partial charge in [-0.15, -0.1) is 11.8 Å². The van der Waals surface area contributed by atoms with Gasteiger partial charge in [0, 0.05) is 16.3 Å². The molecule has 1 aromatic heterocycles. The lowest BCUT2D eigenvalue weighted by Crippen LogP contribution is -2.09. The average Bonchev–Trinajstić information content (AvgIpc) is 2.76. The van der Waals surface area contributed by atoms with E-state index < -0.39 is 0 Å². The first-order valence-electron chi connectivity index (χ1n) is 5.74. The largest absolute Gasteiger partial charge is 0.376 e. The number of hydrogen-bond donors (Lipinski definition) is 1. The smallest absolute Gasteiger partial charge is 0.0619 e. The number of nitrogens with zero attached hydrogens (tertiary/aromatic N) is 1. The molecular formula is C14H14N2S. The minimum atomic E-state index is 0.403. The SMILES string of the molecule is Cc1ccc(NC2CSc3ccccc32)cn1. The van der Waals surface area contributed by atoms with Crippen LogP contribution < -0.4 is 5.32 Å². The maximum Gasteiger partial charge on any atom is 0.0619 e. The number of hydrogen-bond acceptors (Lipinski definition) is 3. The van der Waals surface area contributed by atoms with E-state index in [4.69, 9.17) is 0 Å². The zero-order valence-electron chi connectivity index (χ0n) is 9.68. The lowest BCUT2D eigenvalue weighted by atomic mass is 10.1. The Kier molecular flexibility index (Phi) is 2.77. The van der Waals surface area contributed by atoms with E-state index >= 15 is 0 Å². The van der Waals surface area contributed by atoms with Crippen molar-refractivity contribution in [1.82, 2.24) is 4.98 Å². The Morgan fingerprint density at radius 3 is 2.94 bits per heavy atom. The van der Waals surface area contributed by atoms with E-state index in [0.29, 0.717) is 6.04 Å². The minimum absolute atomic E-state index is 0.403. The third-order valence-electron chi connectivity index (χ3n) is 2.95. The molecule has 0 aliphatic carbocycles. The topological polar surface area (TPSA) is 24.9 Å². The van der Waals surface area contributed by atoms with Crippen molar-refractivity contribution in [3.8, 4) is 0 Å². The van der Waals surface area contributed by atoms with Crippen molar-refractivity contribution in [3.05, 3.63) is 53.9 Å². The summed E-state index contributed by atoms with van der Waals surface area (Å²) < 4.78 is 0. The average molecular weight is 242 g/mol. The molecule has 86 valence electrons. The van der Waals surface area contributed by atoms with E-state index in [1.54, 1.807) is 0 Å². The number of pyridine rings is 1. The monoisotopic (exact) mass is 242 g/mol. The molecule has 2 nitrogen and oxygen atoms in total. The highest BCUT2D eigenvalue weighted by Gasteiger charge is 2.22. The first-order valence-corrected chi connectivity index (χ1v) is 6.72. The third kappa shape index (κ3) is 2.15. The molecule has 0 radical (unpaired) electrons. The molecule has 0 bridgehead atoms. The summed E-state index contributed by atoms with van der Waals surface area (Å²) in [5.41, 5.74) is 3.55. The van der Waals surface area contributed by atoms with Crippen LogP contribution in [0.4, 0.5) is 5.69 Å². The van der Waals surface area contributed by atoms with Gasteiger partial charge in [0.15, 0.2) is 0 Å². The molecule has 17 heavy (non-hydrogen) atoms. The van der Waals surface area contributed by atoms with Crippen LogP contribution in [0.15, 0.2) is 47.5 Å². The van der Waals surface area contributed by atoms with Crippen molar-refractivity contribution in [3.63, 3.8) is 0 Å². The van der Waals surface area contributed by atoms with Gasteiger partial charge >= 0.3 is 0 Å². The second-order valence-corrected chi connectivity index (χ2v) is 5.30. The van der Waals surface area contributed by atoms with E-state index in [1.807, 2.05) is 30.9 Å².